The van der Waals surface area contributed by atoms with Crippen LogP contribution in [0.5, 0.6) is 0 Å². The van der Waals surface area contributed by atoms with Gasteiger partial charge in [-0.1, -0.05) is 29.8 Å². The number of allylic oxidation sites excluding steroid dienone is 4. The highest BCUT2D eigenvalue weighted by Crippen LogP contribution is 2.26. The van der Waals surface area contributed by atoms with E-state index < -0.39 is 0 Å². The summed E-state index contributed by atoms with van der Waals surface area (Å²) in [5.41, 5.74) is 2.28. The highest BCUT2D eigenvalue weighted by atomic mass is 35.5. The first-order valence-corrected chi connectivity index (χ1v) is 11.0. The normalized spacial score (nSPS) is 16.7. The first-order valence-electron chi connectivity index (χ1n) is 10.6. The van der Waals surface area contributed by atoms with Crippen LogP contribution in [0.1, 0.15) is 32.3 Å². The van der Waals surface area contributed by atoms with E-state index in [1.165, 1.54) is 12.1 Å². The van der Waals surface area contributed by atoms with Crippen molar-refractivity contribution in [2.75, 3.05) is 25.0 Å². The maximum Gasteiger partial charge on any atom is 0.218 e. The van der Waals surface area contributed by atoms with Gasteiger partial charge in [0.15, 0.2) is 0 Å². The van der Waals surface area contributed by atoms with Crippen LogP contribution >= 0.6 is 11.6 Å². The van der Waals surface area contributed by atoms with Crippen molar-refractivity contribution in [2.45, 2.75) is 32.7 Å². The van der Waals surface area contributed by atoms with Gasteiger partial charge in [-0.2, -0.15) is 0 Å². The summed E-state index contributed by atoms with van der Waals surface area (Å²) in [5.74, 6) is 1.14. The van der Waals surface area contributed by atoms with Crippen LogP contribution in [-0.2, 0) is 0 Å². The highest BCUT2D eigenvalue weighted by Gasteiger charge is 2.21. The van der Waals surface area contributed by atoms with Crippen LogP contribution in [-0.4, -0.2) is 47.8 Å². The van der Waals surface area contributed by atoms with Gasteiger partial charge in [0.1, 0.15) is 18.0 Å². The van der Waals surface area contributed by atoms with Gasteiger partial charge in [-0.05, 0) is 51.0 Å². The number of benzene rings is 1. The fourth-order valence-electron chi connectivity index (χ4n) is 3.58. The van der Waals surface area contributed by atoms with Crippen LogP contribution in [0.4, 0.5) is 10.2 Å². The number of aromatic nitrogens is 2. The van der Waals surface area contributed by atoms with Crippen LogP contribution in [0.3, 0.4) is 0 Å². The molecule has 1 N–H and O–H groups in total. The molecule has 8 heteroatoms. The van der Waals surface area contributed by atoms with Gasteiger partial charge >= 0.3 is 0 Å². The smallest absolute Gasteiger partial charge is 0.218 e. The molecule has 2 heterocycles. The molecule has 32 heavy (non-hydrogen) atoms. The Balaban J connectivity index is 1.71. The van der Waals surface area contributed by atoms with E-state index >= 15 is 0 Å². The maximum atomic E-state index is 13.5. The lowest BCUT2D eigenvalue weighted by molar-refractivity contribution is 0.463. The Bertz CT molecular complexity index is 1020. The molecule has 6 nitrogen and oxygen atoms in total. The van der Waals surface area contributed by atoms with Crippen LogP contribution in [0, 0.1) is 5.82 Å². The van der Waals surface area contributed by atoms with Crippen molar-refractivity contribution < 1.29 is 4.39 Å². The first kappa shape index (κ1) is 23.6. The number of nitrogens with one attached hydrogen (secondary N) is 1. The lowest BCUT2D eigenvalue weighted by Crippen LogP contribution is -2.44. The molecule has 0 saturated carbocycles. The van der Waals surface area contributed by atoms with E-state index in [-0.39, 0.29) is 11.9 Å². The van der Waals surface area contributed by atoms with E-state index in [1.807, 2.05) is 38.1 Å². The lowest BCUT2D eigenvalue weighted by atomic mass is 10.0. The van der Waals surface area contributed by atoms with Gasteiger partial charge in [-0.25, -0.2) is 19.4 Å². The lowest BCUT2D eigenvalue weighted by Gasteiger charge is -2.33. The van der Waals surface area contributed by atoms with Gasteiger partial charge in [-0.3, -0.25) is 4.99 Å². The molecule has 1 saturated heterocycles. The van der Waals surface area contributed by atoms with E-state index in [0.29, 0.717) is 11.0 Å². The predicted molar refractivity (Wildman–Crippen MR) is 131 cm³/mol. The molecule has 1 aliphatic heterocycles. The molecule has 1 aliphatic rings. The second-order valence-electron chi connectivity index (χ2n) is 7.45. The van der Waals surface area contributed by atoms with E-state index in [4.69, 9.17) is 16.6 Å². The van der Waals surface area contributed by atoms with E-state index in [9.17, 15) is 4.39 Å². The molecule has 0 amide bonds. The fourth-order valence-corrected chi connectivity index (χ4v) is 3.85. The minimum atomic E-state index is -0.371. The quantitative estimate of drug-likeness (QED) is 0.395. The summed E-state index contributed by atoms with van der Waals surface area (Å²) < 4.78 is 13.5. The largest absolute Gasteiger partial charge is 0.356 e. The van der Waals surface area contributed by atoms with E-state index in [1.54, 1.807) is 25.6 Å². The molecule has 1 aromatic carbocycles. The number of hydrogen-bond acceptors (Lipinski definition) is 4. The average molecular weight is 455 g/mol. The molecule has 0 bridgehead atoms. The van der Waals surface area contributed by atoms with Gasteiger partial charge in [0.25, 0.3) is 0 Å². The van der Waals surface area contributed by atoms with E-state index in [2.05, 4.69) is 25.2 Å². The van der Waals surface area contributed by atoms with Crippen LogP contribution in [0.15, 0.2) is 65.0 Å². The van der Waals surface area contributed by atoms with Crippen LogP contribution < -0.4 is 10.2 Å². The molecule has 1 aromatic heterocycles. The molecule has 1 fully saturated rings. The number of halogens is 2. The number of nitrogens with zero attached hydrogens (tertiary/aromatic N) is 5. The monoisotopic (exact) mass is 454 g/mol. The number of aliphatic imine (C=N–C) groups is 2. The molecule has 0 spiro atoms. The zero-order valence-electron chi connectivity index (χ0n) is 18.6. The number of piperidine rings is 1. The molecule has 0 atom stereocenters. The minimum Gasteiger partial charge on any atom is -0.356 e. The van der Waals surface area contributed by atoms with Gasteiger partial charge < -0.3 is 10.2 Å². The second kappa shape index (κ2) is 11.5. The number of rotatable bonds is 5. The van der Waals surface area contributed by atoms with Crippen molar-refractivity contribution in [3.05, 3.63) is 71.4 Å². The third kappa shape index (κ3) is 6.23. The third-order valence-electron chi connectivity index (χ3n) is 5.27. The highest BCUT2D eigenvalue weighted by molar-refractivity contribution is 6.36. The van der Waals surface area contributed by atoms with Crippen molar-refractivity contribution in [3.8, 4) is 0 Å². The fraction of sp³-hybridized carbons (Fsp3) is 0.333. The second-order valence-corrected chi connectivity index (χ2v) is 7.86. The molecule has 0 aliphatic carbocycles. The van der Waals surface area contributed by atoms with Crippen molar-refractivity contribution >= 4 is 34.7 Å². The predicted octanol–water partition coefficient (Wildman–Crippen LogP) is 4.93. The van der Waals surface area contributed by atoms with Crippen molar-refractivity contribution in [3.63, 3.8) is 0 Å². The van der Waals surface area contributed by atoms with E-state index in [0.717, 1.165) is 48.6 Å². The Kier molecular flexibility index (Phi) is 8.50. The first-order chi connectivity index (χ1) is 15.5. The van der Waals surface area contributed by atoms with Gasteiger partial charge in [0, 0.05) is 49.2 Å². The zero-order chi connectivity index (χ0) is 22.9. The molecular weight excluding hydrogens is 427 g/mol. The molecule has 0 unspecified atom stereocenters. The Labute approximate surface area is 193 Å². The standard InChI is InChI=1S/C24H28ClFN6/c1-4-5-6-20(21-8-7-18(26)15-22(21)25)17(2)30-24(27-3)31-19-10-13-32(14-11-19)23-9-12-28-16-29-23/h4-9,12,15-16,19H,10-11,13-14H2,1-3H3,(H,27,31)/b5-4-,20-6+,30-17+. The molecule has 2 aromatic rings. The van der Waals surface area contributed by atoms with Crippen molar-refractivity contribution in [1.82, 2.24) is 15.3 Å². The maximum absolute atomic E-state index is 13.5. The summed E-state index contributed by atoms with van der Waals surface area (Å²) >= 11 is 6.32. The van der Waals surface area contributed by atoms with Crippen molar-refractivity contribution in [2.24, 2.45) is 9.98 Å². The summed E-state index contributed by atoms with van der Waals surface area (Å²) in [5, 5.41) is 3.80. The molecule has 0 radical (unpaired) electrons. The zero-order valence-corrected chi connectivity index (χ0v) is 19.3. The summed E-state index contributed by atoms with van der Waals surface area (Å²) in [6, 6.07) is 6.58. The number of hydrogen-bond donors (Lipinski definition) is 1. The Morgan fingerprint density at radius 1 is 1.28 bits per heavy atom. The molecular formula is C24H28ClFN6. The summed E-state index contributed by atoms with van der Waals surface area (Å²) in [6.45, 7) is 5.62. The molecule has 168 valence electrons. The topological polar surface area (TPSA) is 65.8 Å². The Hall–Kier alpha value is -3.06. The van der Waals surface area contributed by atoms with Crippen LogP contribution in [0.25, 0.3) is 5.57 Å². The van der Waals surface area contributed by atoms with Crippen molar-refractivity contribution in [1.29, 1.82) is 0 Å². The van der Waals surface area contributed by atoms with Gasteiger partial charge in [-0.15, -0.1) is 0 Å². The number of anilines is 1. The number of guanidine groups is 1. The van der Waals surface area contributed by atoms with Gasteiger partial charge in [0.05, 0.1) is 5.02 Å². The molecule has 3 rings (SSSR count). The van der Waals surface area contributed by atoms with Crippen LogP contribution in [0.2, 0.25) is 5.02 Å². The summed E-state index contributed by atoms with van der Waals surface area (Å²) in [6.07, 6.45) is 11.0. The Morgan fingerprint density at radius 2 is 2.06 bits per heavy atom. The average Bonchev–Trinajstić information content (AvgIpc) is 2.81. The minimum absolute atomic E-state index is 0.265. The Morgan fingerprint density at radius 3 is 2.69 bits per heavy atom. The third-order valence-corrected chi connectivity index (χ3v) is 5.58. The summed E-state index contributed by atoms with van der Waals surface area (Å²) in [4.78, 5) is 19.6. The SMILES string of the molecule is C\C=C/C=C(\C(C)=N\C(=NC)NC1CCN(c2ccncn2)CC1)c1ccc(F)cc1Cl. The van der Waals surface area contributed by atoms with Gasteiger partial charge in [0.2, 0.25) is 5.96 Å². The summed E-state index contributed by atoms with van der Waals surface area (Å²) in [7, 11) is 1.72.